The molecule has 1 aromatic carbocycles. The molecule has 1 aromatic heterocycles. The number of amides is 2. The maximum absolute atomic E-state index is 12.5. The topological polar surface area (TPSA) is 122 Å². The van der Waals surface area contributed by atoms with Crippen LogP contribution in [0, 0.1) is 17.0 Å². The third-order valence-corrected chi connectivity index (χ3v) is 4.52. The fourth-order valence-electron chi connectivity index (χ4n) is 3.08. The molecule has 1 fully saturated rings. The highest BCUT2D eigenvalue weighted by molar-refractivity contribution is 5.91. The van der Waals surface area contributed by atoms with E-state index in [1.165, 1.54) is 6.07 Å². The van der Waals surface area contributed by atoms with Gasteiger partial charge in [0.2, 0.25) is 11.8 Å². The van der Waals surface area contributed by atoms with Crippen LogP contribution in [0.2, 0.25) is 0 Å². The lowest BCUT2D eigenvalue weighted by Crippen LogP contribution is -2.50. The van der Waals surface area contributed by atoms with Crippen LogP contribution in [-0.2, 0) is 16.0 Å². The number of carbonyl (C=O) groups excluding carboxylic acids is 2. The molecule has 148 valence electrons. The summed E-state index contributed by atoms with van der Waals surface area (Å²) in [6, 6.07) is 7.90. The molecular formula is C18H21N5O5. The van der Waals surface area contributed by atoms with Gasteiger partial charge in [0.25, 0.3) is 5.69 Å². The molecule has 0 bridgehead atoms. The molecule has 0 saturated carbocycles. The standard InChI is InChI=1S/C18H21N5O5/c1-13-10-16(20-28-13)19-17(24)12-21-6-8-22(9-7-21)18(25)11-14-4-2-3-5-15(14)23(26)27/h2-5,10H,6-9,11-12H2,1H3,(H,19,20,24). The smallest absolute Gasteiger partial charge is 0.273 e. The number of nitro benzene ring substituents is 1. The number of aromatic nitrogens is 1. The summed E-state index contributed by atoms with van der Waals surface area (Å²) in [7, 11) is 0. The minimum Gasteiger partial charge on any atom is -0.360 e. The molecule has 1 aliphatic rings. The van der Waals surface area contributed by atoms with Crippen LogP contribution < -0.4 is 5.32 Å². The molecule has 0 atom stereocenters. The zero-order chi connectivity index (χ0) is 20.1. The number of aryl methyl sites for hydroxylation is 1. The van der Waals surface area contributed by atoms with Crippen LogP contribution in [-0.4, -0.2) is 64.4 Å². The third-order valence-electron chi connectivity index (χ3n) is 4.52. The number of hydrogen-bond acceptors (Lipinski definition) is 7. The Morgan fingerprint density at radius 3 is 2.61 bits per heavy atom. The van der Waals surface area contributed by atoms with Crippen LogP contribution in [0.25, 0.3) is 0 Å². The van der Waals surface area contributed by atoms with Crippen LogP contribution >= 0.6 is 0 Å². The van der Waals surface area contributed by atoms with Crippen LogP contribution in [0.3, 0.4) is 0 Å². The second-order valence-corrected chi connectivity index (χ2v) is 6.59. The number of hydrogen-bond donors (Lipinski definition) is 1. The number of nitrogens with zero attached hydrogens (tertiary/aromatic N) is 4. The van der Waals surface area contributed by atoms with Crippen molar-refractivity contribution in [1.29, 1.82) is 0 Å². The Hall–Kier alpha value is -3.27. The monoisotopic (exact) mass is 387 g/mol. The van der Waals surface area contributed by atoms with Gasteiger partial charge in [-0.05, 0) is 6.92 Å². The Kier molecular flexibility index (Phi) is 5.99. The van der Waals surface area contributed by atoms with Crippen LogP contribution in [0.1, 0.15) is 11.3 Å². The zero-order valence-corrected chi connectivity index (χ0v) is 15.5. The maximum Gasteiger partial charge on any atom is 0.273 e. The fraction of sp³-hybridized carbons (Fsp3) is 0.389. The molecule has 1 saturated heterocycles. The van der Waals surface area contributed by atoms with E-state index in [1.807, 2.05) is 4.90 Å². The Balaban J connectivity index is 1.47. The van der Waals surface area contributed by atoms with E-state index in [4.69, 9.17) is 4.52 Å². The summed E-state index contributed by atoms with van der Waals surface area (Å²) in [5.41, 5.74) is 0.358. The van der Waals surface area contributed by atoms with Gasteiger partial charge in [0.1, 0.15) is 5.76 Å². The lowest BCUT2D eigenvalue weighted by atomic mass is 10.1. The number of rotatable bonds is 6. The Labute approximate surface area is 161 Å². The summed E-state index contributed by atoms with van der Waals surface area (Å²) in [4.78, 5) is 38.8. The van der Waals surface area contributed by atoms with Gasteiger partial charge in [0.05, 0.1) is 17.9 Å². The summed E-state index contributed by atoms with van der Waals surface area (Å²) < 4.78 is 4.90. The van der Waals surface area contributed by atoms with Crippen LogP contribution in [0.4, 0.5) is 11.5 Å². The highest BCUT2D eigenvalue weighted by atomic mass is 16.6. The fourth-order valence-corrected chi connectivity index (χ4v) is 3.08. The summed E-state index contributed by atoms with van der Waals surface area (Å²) in [6.07, 6.45) is -0.0108. The van der Waals surface area contributed by atoms with Crippen molar-refractivity contribution in [1.82, 2.24) is 15.0 Å². The van der Waals surface area contributed by atoms with E-state index < -0.39 is 4.92 Å². The first-order chi connectivity index (χ1) is 13.4. The third kappa shape index (κ3) is 4.92. The van der Waals surface area contributed by atoms with Crippen molar-refractivity contribution in [2.24, 2.45) is 0 Å². The van der Waals surface area contributed by atoms with Crippen molar-refractivity contribution in [3.05, 3.63) is 51.8 Å². The van der Waals surface area contributed by atoms with Crippen LogP contribution in [0.5, 0.6) is 0 Å². The lowest BCUT2D eigenvalue weighted by Gasteiger charge is -2.34. The predicted octanol–water partition coefficient (Wildman–Crippen LogP) is 1.22. The molecule has 0 aliphatic carbocycles. The first-order valence-electron chi connectivity index (χ1n) is 8.88. The van der Waals surface area contributed by atoms with Crippen molar-refractivity contribution in [3.8, 4) is 0 Å². The number of nitrogens with one attached hydrogen (secondary N) is 1. The number of anilines is 1. The van der Waals surface area contributed by atoms with Crippen LogP contribution in [0.15, 0.2) is 34.9 Å². The van der Waals surface area contributed by atoms with E-state index in [9.17, 15) is 19.7 Å². The van der Waals surface area contributed by atoms with Crippen molar-refractivity contribution < 1.29 is 19.0 Å². The molecule has 0 radical (unpaired) electrons. The SMILES string of the molecule is Cc1cc(NC(=O)CN2CCN(C(=O)Cc3ccccc3[N+](=O)[O-])CC2)no1. The van der Waals surface area contributed by atoms with Crippen molar-refractivity contribution in [2.75, 3.05) is 38.0 Å². The van der Waals surface area contributed by atoms with E-state index in [0.717, 1.165) is 0 Å². The highest BCUT2D eigenvalue weighted by Crippen LogP contribution is 2.19. The molecule has 0 unspecified atom stereocenters. The van der Waals surface area contributed by atoms with E-state index in [-0.39, 0.29) is 30.5 Å². The minimum atomic E-state index is -0.477. The van der Waals surface area contributed by atoms with Gasteiger partial charge >= 0.3 is 0 Å². The minimum absolute atomic E-state index is 0.0108. The molecule has 3 rings (SSSR count). The number of piperazine rings is 1. The Morgan fingerprint density at radius 2 is 1.96 bits per heavy atom. The lowest BCUT2D eigenvalue weighted by molar-refractivity contribution is -0.385. The van der Waals surface area contributed by atoms with Crippen molar-refractivity contribution in [2.45, 2.75) is 13.3 Å². The van der Waals surface area contributed by atoms with Crippen molar-refractivity contribution >= 4 is 23.3 Å². The predicted molar refractivity (Wildman–Crippen MR) is 99.7 cm³/mol. The average Bonchev–Trinajstić information content (AvgIpc) is 3.07. The molecule has 28 heavy (non-hydrogen) atoms. The summed E-state index contributed by atoms with van der Waals surface area (Å²) in [6.45, 7) is 3.97. The van der Waals surface area contributed by atoms with Gasteiger partial charge in [-0.1, -0.05) is 23.4 Å². The summed E-state index contributed by atoms with van der Waals surface area (Å²) >= 11 is 0. The molecular weight excluding hydrogens is 366 g/mol. The number of benzene rings is 1. The quantitative estimate of drug-likeness (QED) is 0.584. The van der Waals surface area contributed by atoms with Gasteiger partial charge in [-0.15, -0.1) is 0 Å². The normalized spacial score (nSPS) is 14.7. The van der Waals surface area contributed by atoms with E-state index in [0.29, 0.717) is 43.3 Å². The van der Waals surface area contributed by atoms with Gasteiger partial charge in [-0.25, -0.2) is 0 Å². The van der Waals surface area contributed by atoms with Gasteiger partial charge in [-0.3, -0.25) is 24.6 Å². The maximum atomic E-state index is 12.5. The summed E-state index contributed by atoms with van der Waals surface area (Å²) in [5, 5.41) is 17.5. The molecule has 2 amide bonds. The van der Waals surface area contributed by atoms with E-state index in [2.05, 4.69) is 10.5 Å². The van der Waals surface area contributed by atoms with Gasteiger partial charge in [-0.2, -0.15) is 0 Å². The van der Waals surface area contributed by atoms with E-state index in [1.54, 1.807) is 36.1 Å². The average molecular weight is 387 g/mol. The van der Waals surface area contributed by atoms with Crippen molar-refractivity contribution in [3.63, 3.8) is 0 Å². The van der Waals surface area contributed by atoms with E-state index >= 15 is 0 Å². The first-order valence-corrected chi connectivity index (χ1v) is 8.88. The molecule has 2 aromatic rings. The number of carbonyl (C=O) groups is 2. The van der Waals surface area contributed by atoms with Gasteiger partial charge < -0.3 is 14.7 Å². The second kappa shape index (κ2) is 8.61. The molecule has 1 aliphatic heterocycles. The first kappa shape index (κ1) is 19.5. The van der Waals surface area contributed by atoms with Gasteiger partial charge in [0.15, 0.2) is 5.82 Å². The molecule has 0 spiro atoms. The largest absolute Gasteiger partial charge is 0.360 e. The Bertz CT molecular complexity index is 873. The Morgan fingerprint density at radius 1 is 1.25 bits per heavy atom. The molecule has 10 nitrogen and oxygen atoms in total. The highest BCUT2D eigenvalue weighted by Gasteiger charge is 2.24. The summed E-state index contributed by atoms with van der Waals surface area (Å²) in [5.74, 6) is 0.631. The zero-order valence-electron chi connectivity index (χ0n) is 15.5. The molecule has 2 heterocycles. The number of nitro groups is 1. The number of para-hydroxylation sites is 1. The second-order valence-electron chi connectivity index (χ2n) is 6.59. The molecule has 1 N–H and O–H groups in total. The van der Waals surface area contributed by atoms with Gasteiger partial charge in [0, 0.05) is 43.9 Å². The molecule has 10 heteroatoms.